The Morgan fingerprint density at radius 2 is 1.64 bits per heavy atom. The molecule has 1 heterocycles. The van der Waals surface area contributed by atoms with Crippen LogP contribution in [-0.4, -0.2) is 31.3 Å². The number of pyridine rings is 1. The van der Waals surface area contributed by atoms with Crippen molar-refractivity contribution in [2.75, 3.05) is 13.7 Å². The Hall–Kier alpha value is -3.62. The first-order valence-electron chi connectivity index (χ1n) is 13.5. The van der Waals surface area contributed by atoms with Gasteiger partial charge in [-0.2, -0.15) is 8.78 Å². The molecule has 1 aromatic heterocycles. The topological polar surface area (TPSA) is 66.9 Å². The number of alkyl halides is 2. The largest absolute Gasteiger partial charge is 0.497 e. The van der Waals surface area contributed by atoms with Crippen LogP contribution in [0.3, 0.4) is 0 Å². The van der Waals surface area contributed by atoms with Gasteiger partial charge >= 0.3 is 12.6 Å². The number of rotatable bonds is 12. The number of hydrogen-bond acceptors (Lipinski definition) is 6. The van der Waals surface area contributed by atoms with Crippen LogP contribution in [0.4, 0.5) is 8.78 Å². The van der Waals surface area contributed by atoms with E-state index in [1.54, 1.807) is 26.2 Å². The van der Waals surface area contributed by atoms with E-state index in [0.717, 1.165) is 34.9 Å². The predicted molar refractivity (Wildman–Crippen MR) is 157 cm³/mol. The van der Waals surface area contributed by atoms with Crippen molar-refractivity contribution >= 4 is 39.9 Å². The lowest BCUT2D eigenvalue weighted by Crippen LogP contribution is -2.19. The molecule has 1 fully saturated rings. The summed E-state index contributed by atoms with van der Waals surface area (Å²) < 4.78 is 48.2. The summed E-state index contributed by atoms with van der Waals surface area (Å²) in [4.78, 5) is 17.6. The molecular weight excluding hydrogens is 587 g/mol. The standard InChI is InChI=1S/C32H29Cl2F2NO5/c1-18(20-5-6-22-12-24(39-2)9-7-21(22)11-20)31(38)41-29(14-25-26(33)15-37-16-27(25)34)23-8-10-28(42-32(35)36)30(13-23)40-17-19-3-4-19/h5-13,15-16,18-19,29,32H,3-4,14,17H2,1-2H3. The lowest BCUT2D eigenvalue weighted by atomic mass is 9.97. The first-order chi connectivity index (χ1) is 20.2. The molecule has 3 aromatic carbocycles. The van der Waals surface area contributed by atoms with Crippen molar-refractivity contribution in [2.24, 2.45) is 5.92 Å². The van der Waals surface area contributed by atoms with Crippen LogP contribution in [0.15, 0.2) is 67.0 Å². The zero-order valence-electron chi connectivity index (χ0n) is 23.0. The summed E-state index contributed by atoms with van der Waals surface area (Å²) in [6.45, 7) is -0.883. The molecule has 0 bridgehead atoms. The third kappa shape index (κ3) is 7.23. The molecule has 42 heavy (non-hydrogen) atoms. The molecule has 10 heteroatoms. The van der Waals surface area contributed by atoms with Crippen LogP contribution < -0.4 is 14.2 Å². The molecule has 0 amide bonds. The Kier molecular flexibility index (Phi) is 9.34. The predicted octanol–water partition coefficient (Wildman–Crippen LogP) is 8.57. The summed E-state index contributed by atoms with van der Waals surface area (Å²) in [6.07, 6.45) is 4.20. The molecule has 0 saturated heterocycles. The van der Waals surface area contributed by atoms with Gasteiger partial charge in [0.1, 0.15) is 11.9 Å². The van der Waals surface area contributed by atoms with Gasteiger partial charge in [0.2, 0.25) is 0 Å². The highest BCUT2D eigenvalue weighted by atomic mass is 35.5. The van der Waals surface area contributed by atoms with Crippen molar-refractivity contribution < 1.29 is 32.5 Å². The Balaban J connectivity index is 1.45. The molecule has 6 nitrogen and oxygen atoms in total. The average Bonchev–Trinajstić information content (AvgIpc) is 3.81. The van der Waals surface area contributed by atoms with E-state index in [1.165, 1.54) is 18.5 Å². The summed E-state index contributed by atoms with van der Waals surface area (Å²) in [5.74, 6) is 0.0626. The van der Waals surface area contributed by atoms with E-state index in [9.17, 15) is 13.6 Å². The SMILES string of the molecule is COc1ccc2cc(C(C)C(=O)OC(Cc3c(Cl)cncc3Cl)c3ccc(OC(F)F)c(OCC4CC4)c3)ccc2c1. The Labute approximate surface area is 252 Å². The molecule has 0 radical (unpaired) electrons. The molecule has 0 spiro atoms. The van der Waals surface area contributed by atoms with E-state index in [4.69, 9.17) is 42.1 Å². The number of benzene rings is 3. The number of aromatic nitrogens is 1. The van der Waals surface area contributed by atoms with Gasteiger partial charge in [-0.15, -0.1) is 0 Å². The fourth-order valence-electron chi connectivity index (χ4n) is 4.59. The third-order valence-corrected chi connectivity index (χ3v) is 7.90. The van der Waals surface area contributed by atoms with E-state index in [2.05, 4.69) is 4.98 Å². The number of ether oxygens (including phenoxy) is 4. The quantitative estimate of drug-likeness (QED) is 0.149. The molecule has 4 aromatic rings. The van der Waals surface area contributed by atoms with Crippen LogP contribution in [-0.2, 0) is 16.0 Å². The van der Waals surface area contributed by atoms with Crippen LogP contribution in [0.1, 0.15) is 48.5 Å². The molecule has 2 atom stereocenters. The lowest BCUT2D eigenvalue weighted by Gasteiger charge is -2.23. The highest BCUT2D eigenvalue weighted by Gasteiger charge is 2.27. The number of nitrogens with zero attached hydrogens (tertiary/aromatic N) is 1. The molecule has 0 aliphatic heterocycles. The summed E-state index contributed by atoms with van der Waals surface area (Å²) in [5, 5.41) is 2.55. The van der Waals surface area contributed by atoms with Gasteiger partial charge in [-0.3, -0.25) is 9.78 Å². The second kappa shape index (κ2) is 13.1. The minimum absolute atomic E-state index is 0.0967. The third-order valence-electron chi connectivity index (χ3n) is 7.25. The second-order valence-corrected chi connectivity index (χ2v) is 11.1. The van der Waals surface area contributed by atoms with Gasteiger partial charge in [0.05, 0.1) is 29.7 Å². The average molecular weight is 616 g/mol. The van der Waals surface area contributed by atoms with E-state index < -0.39 is 24.6 Å². The number of hydrogen-bond donors (Lipinski definition) is 0. The minimum atomic E-state index is -3.02. The van der Waals surface area contributed by atoms with E-state index in [-0.39, 0.29) is 17.9 Å². The highest BCUT2D eigenvalue weighted by molar-refractivity contribution is 6.35. The highest BCUT2D eigenvalue weighted by Crippen LogP contribution is 2.38. The van der Waals surface area contributed by atoms with Crippen molar-refractivity contribution in [3.8, 4) is 17.2 Å². The monoisotopic (exact) mass is 615 g/mol. The van der Waals surface area contributed by atoms with Crippen molar-refractivity contribution in [3.63, 3.8) is 0 Å². The second-order valence-electron chi connectivity index (χ2n) is 10.2. The summed E-state index contributed by atoms with van der Waals surface area (Å²) in [5.41, 5.74) is 1.81. The molecule has 5 rings (SSSR count). The number of carbonyl (C=O) groups is 1. The van der Waals surface area contributed by atoms with Crippen molar-refractivity contribution in [1.29, 1.82) is 0 Å². The normalized spacial score (nSPS) is 14.5. The van der Waals surface area contributed by atoms with E-state index in [0.29, 0.717) is 33.7 Å². The lowest BCUT2D eigenvalue weighted by molar-refractivity contribution is -0.150. The minimum Gasteiger partial charge on any atom is -0.497 e. The van der Waals surface area contributed by atoms with Crippen LogP contribution in [0.25, 0.3) is 10.8 Å². The first kappa shape index (κ1) is 29.9. The smallest absolute Gasteiger partial charge is 0.387 e. The first-order valence-corrected chi connectivity index (χ1v) is 14.2. The molecule has 1 aliphatic rings. The van der Waals surface area contributed by atoms with Gasteiger partial charge in [-0.05, 0) is 77.4 Å². The summed E-state index contributed by atoms with van der Waals surface area (Å²) in [7, 11) is 1.61. The van der Waals surface area contributed by atoms with Crippen LogP contribution in [0, 0.1) is 5.92 Å². The van der Waals surface area contributed by atoms with Crippen molar-refractivity contribution in [2.45, 2.75) is 44.8 Å². The van der Waals surface area contributed by atoms with Crippen LogP contribution >= 0.6 is 23.2 Å². The molecular formula is C32H29Cl2F2NO5. The van der Waals surface area contributed by atoms with Crippen molar-refractivity contribution in [3.05, 3.63) is 93.7 Å². The van der Waals surface area contributed by atoms with Crippen LogP contribution in [0.5, 0.6) is 17.2 Å². The zero-order valence-corrected chi connectivity index (χ0v) is 24.5. The maximum Gasteiger partial charge on any atom is 0.387 e. The number of methoxy groups -OCH3 is 1. The number of halogens is 4. The van der Waals surface area contributed by atoms with Gasteiger partial charge < -0.3 is 18.9 Å². The fraction of sp³-hybridized carbons (Fsp3) is 0.312. The molecule has 220 valence electrons. The summed E-state index contributed by atoms with van der Waals surface area (Å²) in [6, 6.07) is 16.0. The molecule has 1 aliphatic carbocycles. The van der Waals surface area contributed by atoms with E-state index in [1.807, 2.05) is 36.4 Å². The maximum atomic E-state index is 13.6. The van der Waals surface area contributed by atoms with Gasteiger partial charge in [-0.25, -0.2) is 0 Å². The Morgan fingerprint density at radius 3 is 2.33 bits per heavy atom. The summed E-state index contributed by atoms with van der Waals surface area (Å²) >= 11 is 12.8. The molecule has 1 saturated carbocycles. The Morgan fingerprint density at radius 1 is 0.952 bits per heavy atom. The fourth-order valence-corrected chi connectivity index (χ4v) is 5.11. The van der Waals surface area contributed by atoms with Crippen molar-refractivity contribution in [1.82, 2.24) is 4.98 Å². The Bertz CT molecular complexity index is 1560. The number of fused-ring (bicyclic) bond motifs is 1. The molecule has 0 N–H and O–H groups in total. The maximum absolute atomic E-state index is 13.6. The number of carbonyl (C=O) groups excluding carboxylic acids is 1. The van der Waals surface area contributed by atoms with E-state index >= 15 is 0 Å². The van der Waals surface area contributed by atoms with Gasteiger partial charge in [-0.1, -0.05) is 53.5 Å². The van der Waals surface area contributed by atoms with Gasteiger partial charge in [0, 0.05) is 18.8 Å². The number of esters is 1. The van der Waals surface area contributed by atoms with Gasteiger partial charge in [0.25, 0.3) is 0 Å². The van der Waals surface area contributed by atoms with Gasteiger partial charge in [0.15, 0.2) is 11.5 Å². The van der Waals surface area contributed by atoms with Crippen LogP contribution in [0.2, 0.25) is 10.0 Å². The zero-order chi connectivity index (χ0) is 29.8. The molecule has 2 unspecified atom stereocenters.